The van der Waals surface area contributed by atoms with E-state index in [0.717, 1.165) is 31.6 Å². The van der Waals surface area contributed by atoms with Crippen LogP contribution in [0.3, 0.4) is 0 Å². The summed E-state index contributed by atoms with van der Waals surface area (Å²) in [5, 5.41) is 1.11. The maximum atomic E-state index is 11.1. The van der Waals surface area contributed by atoms with Crippen molar-refractivity contribution in [2.75, 3.05) is 18.0 Å². The molecule has 92 valence electrons. The minimum absolute atomic E-state index is 0.00835. The van der Waals surface area contributed by atoms with Gasteiger partial charge in [0.2, 0.25) is 5.91 Å². The summed E-state index contributed by atoms with van der Waals surface area (Å²) in [4.78, 5) is 13.3. The van der Waals surface area contributed by atoms with Crippen molar-refractivity contribution >= 4 is 34.8 Å². The molecule has 2 N–H and O–H groups in total. The normalized spacial score (nSPS) is 17.2. The zero-order valence-electron chi connectivity index (χ0n) is 9.33. The first-order valence-electron chi connectivity index (χ1n) is 5.57. The van der Waals surface area contributed by atoms with E-state index in [-0.39, 0.29) is 11.8 Å². The number of benzene rings is 1. The molecule has 17 heavy (non-hydrogen) atoms. The van der Waals surface area contributed by atoms with Crippen molar-refractivity contribution in [1.82, 2.24) is 0 Å². The molecule has 1 saturated heterocycles. The number of nitrogens with two attached hydrogens (primary N) is 1. The number of carbonyl (C=O) groups is 1. The Hall–Kier alpha value is -0.930. The monoisotopic (exact) mass is 272 g/mol. The molecule has 0 spiro atoms. The molecule has 1 heterocycles. The van der Waals surface area contributed by atoms with Crippen molar-refractivity contribution in [3.05, 3.63) is 28.2 Å². The average Bonchev–Trinajstić information content (AvgIpc) is 2.33. The number of rotatable bonds is 2. The lowest BCUT2D eigenvalue weighted by molar-refractivity contribution is -0.122. The zero-order chi connectivity index (χ0) is 12.4. The Balaban J connectivity index is 2.05. The van der Waals surface area contributed by atoms with Crippen molar-refractivity contribution in [3.8, 4) is 0 Å². The lowest BCUT2D eigenvalue weighted by atomic mass is 9.96. The lowest BCUT2D eigenvalue weighted by Crippen LogP contribution is -2.38. The first-order valence-corrected chi connectivity index (χ1v) is 6.33. The van der Waals surface area contributed by atoms with E-state index in [1.165, 1.54) is 0 Å². The Morgan fingerprint density at radius 2 is 1.88 bits per heavy atom. The number of halogens is 2. The Morgan fingerprint density at radius 3 is 2.41 bits per heavy atom. The minimum atomic E-state index is -0.196. The van der Waals surface area contributed by atoms with E-state index in [1.807, 2.05) is 12.1 Å². The number of anilines is 1. The van der Waals surface area contributed by atoms with Crippen LogP contribution in [0, 0.1) is 5.92 Å². The average molecular weight is 273 g/mol. The highest BCUT2D eigenvalue weighted by atomic mass is 35.5. The first-order chi connectivity index (χ1) is 8.08. The molecule has 1 aromatic rings. The summed E-state index contributed by atoms with van der Waals surface area (Å²) in [7, 11) is 0. The summed E-state index contributed by atoms with van der Waals surface area (Å²) < 4.78 is 0. The van der Waals surface area contributed by atoms with Gasteiger partial charge in [0.25, 0.3) is 0 Å². The van der Waals surface area contributed by atoms with E-state index in [4.69, 9.17) is 28.9 Å². The smallest absolute Gasteiger partial charge is 0.220 e. The molecule has 0 aliphatic carbocycles. The van der Waals surface area contributed by atoms with Crippen molar-refractivity contribution in [3.63, 3.8) is 0 Å². The SMILES string of the molecule is NC(=O)C1CCN(c2ccc(Cl)c(Cl)c2)CC1. The van der Waals surface area contributed by atoms with Crippen LogP contribution in [0.25, 0.3) is 0 Å². The van der Waals surface area contributed by atoms with Gasteiger partial charge >= 0.3 is 0 Å². The van der Waals surface area contributed by atoms with Gasteiger partial charge in [-0.15, -0.1) is 0 Å². The van der Waals surface area contributed by atoms with Gasteiger partial charge in [0.05, 0.1) is 10.0 Å². The fourth-order valence-electron chi connectivity index (χ4n) is 2.10. The topological polar surface area (TPSA) is 46.3 Å². The van der Waals surface area contributed by atoms with E-state index >= 15 is 0 Å². The molecule has 1 amide bonds. The summed E-state index contributed by atoms with van der Waals surface area (Å²) in [6, 6.07) is 5.59. The largest absolute Gasteiger partial charge is 0.371 e. The van der Waals surface area contributed by atoms with Crippen molar-refractivity contribution in [1.29, 1.82) is 0 Å². The molecule has 0 atom stereocenters. The minimum Gasteiger partial charge on any atom is -0.371 e. The summed E-state index contributed by atoms with van der Waals surface area (Å²) in [5.74, 6) is -0.187. The molecule has 0 unspecified atom stereocenters. The lowest BCUT2D eigenvalue weighted by Gasteiger charge is -2.32. The standard InChI is InChI=1S/C12H14Cl2N2O/c13-10-2-1-9(7-11(10)14)16-5-3-8(4-6-16)12(15)17/h1-2,7-8H,3-6H2,(H2,15,17). The Bertz CT molecular complexity index is 429. The molecule has 5 heteroatoms. The maximum absolute atomic E-state index is 11.1. The molecule has 1 fully saturated rings. The molecule has 1 aliphatic rings. The predicted octanol–water partition coefficient (Wildman–Crippen LogP) is 2.70. The van der Waals surface area contributed by atoms with E-state index < -0.39 is 0 Å². The van der Waals surface area contributed by atoms with Gasteiger partial charge in [-0.05, 0) is 31.0 Å². The summed E-state index contributed by atoms with van der Waals surface area (Å²) in [6.07, 6.45) is 1.60. The number of carbonyl (C=O) groups excluding carboxylic acids is 1. The molecule has 1 aromatic carbocycles. The Morgan fingerprint density at radius 1 is 1.24 bits per heavy atom. The van der Waals surface area contributed by atoms with Gasteiger partial charge in [-0.25, -0.2) is 0 Å². The second kappa shape index (κ2) is 5.15. The van der Waals surface area contributed by atoms with Crippen LogP contribution >= 0.6 is 23.2 Å². The van der Waals surface area contributed by atoms with Gasteiger partial charge in [-0.3, -0.25) is 4.79 Å². The van der Waals surface area contributed by atoms with Crippen molar-refractivity contribution < 1.29 is 4.79 Å². The van der Waals surface area contributed by atoms with Gasteiger partial charge in [-0.2, -0.15) is 0 Å². The van der Waals surface area contributed by atoms with Crippen LogP contribution in [0.1, 0.15) is 12.8 Å². The molecular weight excluding hydrogens is 259 g/mol. The highest BCUT2D eigenvalue weighted by Gasteiger charge is 2.23. The van der Waals surface area contributed by atoms with E-state index in [9.17, 15) is 4.79 Å². The fourth-order valence-corrected chi connectivity index (χ4v) is 2.40. The van der Waals surface area contributed by atoms with Crippen LogP contribution in [0.15, 0.2) is 18.2 Å². The third-order valence-corrected chi connectivity index (χ3v) is 3.90. The summed E-state index contributed by atoms with van der Waals surface area (Å²) in [5.41, 5.74) is 6.34. The number of amides is 1. The summed E-state index contributed by atoms with van der Waals surface area (Å²) >= 11 is 11.9. The van der Waals surface area contributed by atoms with Crippen LogP contribution in [0.4, 0.5) is 5.69 Å². The number of hydrogen-bond donors (Lipinski definition) is 1. The van der Waals surface area contributed by atoms with E-state index in [2.05, 4.69) is 4.90 Å². The van der Waals surface area contributed by atoms with Crippen LogP contribution in [-0.4, -0.2) is 19.0 Å². The van der Waals surface area contributed by atoms with Crippen LogP contribution in [0.5, 0.6) is 0 Å². The molecule has 3 nitrogen and oxygen atoms in total. The number of piperidine rings is 1. The quantitative estimate of drug-likeness (QED) is 0.900. The van der Waals surface area contributed by atoms with E-state index in [0.29, 0.717) is 10.0 Å². The highest BCUT2D eigenvalue weighted by Crippen LogP contribution is 2.29. The predicted molar refractivity (Wildman–Crippen MR) is 70.6 cm³/mol. The molecule has 1 aliphatic heterocycles. The maximum Gasteiger partial charge on any atom is 0.220 e. The second-order valence-electron chi connectivity index (χ2n) is 4.26. The molecule has 2 rings (SSSR count). The van der Waals surface area contributed by atoms with Gasteiger partial charge in [0.1, 0.15) is 0 Å². The third kappa shape index (κ3) is 2.85. The molecule has 0 saturated carbocycles. The first kappa shape index (κ1) is 12.5. The van der Waals surface area contributed by atoms with Gasteiger partial charge in [0.15, 0.2) is 0 Å². The second-order valence-corrected chi connectivity index (χ2v) is 5.08. The molecular formula is C12H14Cl2N2O. The molecule has 0 aromatic heterocycles. The molecule has 0 bridgehead atoms. The Labute approximate surface area is 110 Å². The number of nitrogens with zero attached hydrogens (tertiary/aromatic N) is 1. The van der Waals surface area contributed by atoms with Crippen LogP contribution < -0.4 is 10.6 Å². The number of primary amides is 1. The van der Waals surface area contributed by atoms with Gasteiger partial charge in [-0.1, -0.05) is 23.2 Å². The Kier molecular flexibility index (Phi) is 3.79. The van der Waals surface area contributed by atoms with Gasteiger partial charge in [0, 0.05) is 24.7 Å². The fraction of sp³-hybridized carbons (Fsp3) is 0.417. The van der Waals surface area contributed by atoms with Gasteiger partial charge < -0.3 is 10.6 Å². The highest BCUT2D eigenvalue weighted by molar-refractivity contribution is 6.42. The number of hydrogen-bond acceptors (Lipinski definition) is 2. The molecule has 0 radical (unpaired) electrons. The zero-order valence-corrected chi connectivity index (χ0v) is 10.8. The van der Waals surface area contributed by atoms with Crippen LogP contribution in [0.2, 0.25) is 10.0 Å². The van der Waals surface area contributed by atoms with Crippen LogP contribution in [-0.2, 0) is 4.79 Å². The van der Waals surface area contributed by atoms with E-state index in [1.54, 1.807) is 6.07 Å². The van der Waals surface area contributed by atoms with Crippen molar-refractivity contribution in [2.24, 2.45) is 11.7 Å². The summed E-state index contributed by atoms with van der Waals surface area (Å²) in [6.45, 7) is 1.65. The van der Waals surface area contributed by atoms with Crippen molar-refractivity contribution in [2.45, 2.75) is 12.8 Å². The third-order valence-electron chi connectivity index (χ3n) is 3.17.